The van der Waals surface area contributed by atoms with Crippen molar-refractivity contribution in [1.29, 1.82) is 0 Å². The van der Waals surface area contributed by atoms with Crippen LogP contribution >= 0.6 is 0 Å². The molecule has 5 heteroatoms. The summed E-state index contributed by atoms with van der Waals surface area (Å²) in [6, 6.07) is 0. The van der Waals surface area contributed by atoms with E-state index in [1.165, 1.54) is 12.5 Å². The van der Waals surface area contributed by atoms with Crippen molar-refractivity contribution in [1.82, 2.24) is 0 Å². The van der Waals surface area contributed by atoms with Crippen LogP contribution in [0.15, 0.2) is 11.6 Å². The second-order valence-electron chi connectivity index (χ2n) is 10.1. The molecule has 28 heavy (non-hydrogen) atoms. The molecule has 1 saturated heterocycles. The molecule has 2 bridgehead atoms. The van der Waals surface area contributed by atoms with Gasteiger partial charge in [0.05, 0.1) is 12.7 Å². The first-order chi connectivity index (χ1) is 13.3. The smallest absolute Gasteiger partial charge is 0.303 e. The first kappa shape index (κ1) is 18.5. The number of esters is 1. The van der Waals surface area contributed by atoms with Crippen molar-refractivity contribution in [3.8, 4) is 0 Å². The number of fused-ring (bicyclic) bond motifs is 3. The summed E-state index contributed by atoms with van der Waals surface area (Å²) >= 11 is 0. The third-order valence-corrected chi connectivity index (χ3v) is 9.04. The van der Waals surface area contributed by atoms with E-state index >= 15 is 0 Å². The highest BCUT2D eigenvalue weighted by molar-refractivity contribution is 5.92. The van der Waals surface area contributed by atoms with Gasteiger partial charge in [0.2, 0.25) is 0 Å². The van der Waals surface area contributed by atoms with Gasteiger partial charge >= 0.3 is 5.97 Å². The van der Waals surface area contributed by atoms with Crippen molar-refractivity contribution >= 4 is 17.5 Å². The molecule has 0 N–H and O–H groups in total. The van der Waals surface area contributed by atoms with Crippen LogP contribution in [0.2, 0.25) is 0 Å². The van der Waals surface area contributed by atoms with Gasteiger partial charge < -0.3 is 9.47 Å². The molecule has 0 spiro atoms. The maximum absolute atomic E-state index is 12.8. The van der Waals surface area contributed by atoms with Gasteiger partial charge in [-0.2, -0.15) is 0 Å². The first-order valence-electron chi connectivity index (χ1n) is 10.9. The minimum atomic E-state index is -0.386. The molecule has 0 aromatic carbocycles. The Morgan fingerprint density at radius 1 is 1.21 bits per heavy atom. The lowest BCUT2D eigenvalue weighted by atomic mass is 9.46. The molecular weight excluding hydrogens is 356 g/mol. The van der Waals surface area contributed by atoms with Gasteiger partial charge in [-0.1, -0.05) is 6.92 Å². The fourth-order valence-electron chi connectivity index (χ4n) is 7.84. The Morgan fingerprint density at radius 2 is 2.04 bits per heavy atom. The third kappa shape index (κ3) is 2.44. The van der Waals surface area contributed by atoms with Crippen molar-refractivity contribution < 1.29 is 23.9 Å². The fourth-order valence-corrected chi connectivity index (χ4v) is 7.84. The molecule has 4 fully saturated rings. The lowest BCUT2D eigenvalue weighted by Gasteiger charge is -2.56. The Hall–Kier alpha value is -1.49. The van der Waals surface area contributed by atoms with Gasteiger partial charge in [0.1, 0.15) is 6.61 Å². The van der Waals surface area contributed by atoms with Crippen molar-refractivity contribution in [2.75, 3.05) is 13.2 Å². The standard InChI is InChI=1S/C23H30O5/c1-13(24)27-11-20(26)18-4-3-16-15-10-21-19-9-14(25)5-8-23(19,12-28-21)17(15)6-7-22(16,18)2/h9,15-18,21H,3-8,10-12H2,1-2H3/t15?,16?,17?,18-,21+,22+,23+/m1/s1. The number of ether oxygens (including phenoxy) is 2. The highest BCUT2D eigenvalue weighted by Crippen LogP contribution is 2.68. The SMILES string of the molecule is CC(=O)OCC(=O)[C@H]1CCC2C3C[C@@H]4OC[C@@]5(CCC(=O)C=C45)C3CC[C@@]21C. The van der Waals surface area contributed by atoms with E-state index in [0.717, 1.165) is 45.1 Å². The normalized spacial score (nSPS) is 46.3. The summed E-state index contributed by atoms with van der Waals surface area (Å²) in [5.74, 6) is 1.64. The Balaban J connectivity index is 1.41. The van der Waals surface area contributed by atoms with Crippen LogP contribution in [0.5, 0.6) is 0 Å². The monoisotopic (exact) mass is 386 g/mol. The van der Waals surface area contributed by atoms with Crippen LogP contribution in [-0.4, -0.2) is 36.9 Å². The number of carbonyl (C=O) groups is 3. The number of carbonyl (C=O) groups excluding carboxylic acids is 3. The number of Topliss-reactive ketones (excluding diaryl/α,β-unsaturated/α-hetero) is 1. The summed E-state index contributed by atoms with van der Waals surface area (Å²) in [6.07, 6.45) is 8.73. The van der Waals surface area contributed by atoms with Crippen molar-refractivity contribution in [3.05, 3.63) is 11.6 Å². The third-order valence-electron chi connectivity index (χ3n) is 9.04. The Morgan fingerprint density at radius 3 is 2.82 bits per heavy atom. The van der Waals surface area contributed by atoms with Crippen molar-refractivity contribution in [2.24, 2.45) is 34.5 Å². The van der Waals surface area contributed by atoms with E-state index in [0.29, 0.717) is 24.2 Å². The van der Waals surface area contributed by atoms with Crippen LogP contribution in [0.4, 0.5) is 0 Å². The summed E-state index contributed by atoms with van der Waals surface area (Å²) in [4.78, 5) is 36.0. The maximum atomic E-state index is 12.8. The quantitative estimate of drug-likeness (QED) is 0.697. The highest BCUT2D eigenvalue weighted by Gasteiger charge is 2.65. The molecule has 3 saturated carbocycles. The number of hydrogen-bond acceptors (Lipinski definition) is 5. The van der Waals surface area contributed by atoms with E-state index in [2.05, 4.69) is 6.92 Å². The maximum Gasteiger partial charge on any atom is 0.303 e. The highest BCUT2D eigenvalue weighted by atomic mass is 16.5. The molecule has 1 aliphatic heterocycles. The minimum absolute atomic E-state index is 0.000181. The topological polar surface area (TPSA) is 69.7 Å². The number of ketones is 2. The first-order valence-corrected chi connectivity index (χ1v) is 10.9. The van der Waals surface area contributed by atoms with Crippen LogP contribution < -0.4 is 0 Å². The van der Waals surface area contributed by atoms with Gasteiger partial charge in [-0.15, -0.1) is 0 Å². The van der Waals surface area contributed by atoms with Gasteiger partial charge in [-0.05, 0) is 73.3 Å². The van der Waals surface area contributed by atoms with Crippen LogP contribution in [-0.2, 0) is 23.9 Å². The van der Waals surface area contributed by atoms with Crippen LogP contribution in [0, 0.1) is 34.5 Å². The fraction of sp³-hybridized carbons (Fsp3) is 0.783. The molecule has 5 rings (SSSR count). The molecular formula is C23H30O5. The zero-order valence-corrected chi connectivity index (χ0v) is 16.9. The molecule has 0 radical (unpaired) electrons. The van der Waals surface area contributed by atoms with Gasteiger partial charge in [0, 0.05) is 24.7 Å². The number of hydrogen-bond donors (Lipinski definition) is 0. The molecule has 5 nitrogen and oxygen atoms in total. The predicted octanol–water partition coefficient (Wildman–Crippen LogP) is 3.26. The average molecular weight is 386 g/mol. The molecule has 152 valence electrons. The van der Waals surface area contributed by atoms with Gasteiger partial charge in [0.25, 0.3) is 0 Å². The Bertz CT molecular complexity index is 769. The van der Waals surface area contributed by atoms with Gasteiger partial charge in [-0.3, -0.25) is 14.4 Å². The molecule has 4 aliphatic carbocycles. The van der Waals surface area contributed by atoms with Crippen LogP contribution in [0.25, 0.3) is 0 Å². The Kier molecular flexibility index (Phi) is 4.14. The van der Waals surface area contributed by atoms with E-state index in [-0.39, 0.29) is 47.0 Å². The van der Waals surface area contributed by atoms with Crippen molar-refractivity contribution in [3.63, 3.8) is 0 Å². The zero-order valence-electron chi connectivity index (χ0n) is 16.9. The number of rotatable bonds is 3. The summed E-state index contributed by atoms with van der Waals surface area (Å²) in [6.45, 7) is 4.35. The summed E-state index contributed by atoms with van der Waals surface area (Å²) < 4.78 is 11.3. The zero-order chi connectivity index (χ0) is 19.7. The van der Waals surface area contributed by atoms with E-state index in [1.807, 2.05) is 6.08 Å². The van der Waals surface area contributed by atoms with Gasteiger partial charge in [0.15, 0.2) is 11.6 Å². The predicted molar refractivity (Wildman–Crippen MR) is 101 cm³/mol. The average Bonchev–Trinajstić information content (AvgIpc) is 3.14. The molecule has 3 unspecified atom stereocenters. The van der Waals surface area contributed by atoms with Crippen LogP contribution in [0.3, 0.4) is 0 Å². The summed E-state index contributed by atoms with van der Waals surface area (Å²) in [5.41, 5.74) is 1.36. The van der Waals surface area contributed by atoms with E-state index in [9.17, 15) is 14.4 Å². The Labute approximate surface area is 166 Å². The second kappa shape index (κ2) is 6.25. The summed E-state index contributed by atoms with van der Waals surface area (Å²) in [5, 5.41) is 0. The molecule has 5 aliphatic rings. The minimum Gasteiger partial charge on any atom is -0.458 e. The largest absolute Gasteiger partial charge is 0.458 e. The summed E-state index contributed by atoms with van der Waals surface area (Å²) in [7, 11) is 0. The lowest BCUT2D eigenvalue weighted by Crippen LogP contribution is -2.53. The second-order valence-corrected chi connectivity index (χ2v) is 10.1. The molecule has 1 heterocycles. The molecule has 0 aromatic heterocycles. The van der Waals surface area contributed by atoms with Crippen molar-refractivity contribution in [2.45, 2.75) is 64.9 Å². The van der Waals surface area contributed by atoms with Gasteiger partial charge in [-0.25, -0.2) is 0 Å². The van der Waals surface area contributed by atoms with E-state index < -0.39 is 0 Å². The molecule has 0 amide bonds. The molecule has 7 atom stereocenters. The van der Waals surface area contributed by atoms with E-state index in [4.69, 9.17) is 9.47 Å². The lowest BCUT2D eigenvalue weighted by molar-refractivity contribution is -0.149. The van der Waals surface area contributed by atoms with E-state index in [1.54, 1.807) is 0 Å². The molecule has 0 aromatic rings. The van der Waals surface area contributed by atoms with Crippen LogP contribution in [0.1, 0.15) is 58.8 Å².